The van der Waals surface area contributed by atoms with Crippen molar-refractivity contribution in [3.63, 3.8) is 0 Å². The molecule has 0 unspecified atom stereocenters. The second kappa shape index (κ2) is 5.31. The Bertz CT molecular complexity index is 761. The molecule has 1 heterocycles. The Balaban J connectivity index is 2.01. The first-order valence-electron chi connectivity index (χ1n) is 6.61. The van der Waals surface area contributed by atoms with Crippen LogP contribution in [0.25, 0.3) is 10.9 Å². The molecular weight excluding hydrogens is 270 g/mol. The molecule has 2 nitrogen and oxygen atoms in total. The number of aromatic nitrogens is 1. The van der Waals surface area contributed by atoms with E-state index in [9.17, 15) is 5.11 Å². The Morgan fingerprint density at radius 1 is 1.10 bits per heavy atom. The van der Waals surface area contributed by atoms with Crippen LogP contribution in [0.2, 0.25) is 5.02 Å². The van der Waals surface area contributed by atoms with E-state index in [0.717, 1.165) is 28.2 Å². The van der Waals surface area contributed by atoms with Gasteiger partial charge in [0.2, 0.25) is 0 Å². The number of rotatable bonds is 3. The minimum absolute atomic E-state index is 0.0619. The number of aliphatic hydroxyl groups is 1. The smallest absolute Gasteiger partial charge is 0.0682 e. The van der Waals surface area contributed by atoms with Gasteiger partial charge >= 0.3 is 0 Å². The number of nitrogens with zero attached hydrogens (tertiary/aromatic N) is 1. The lowest BCUT2D eigenvalue weighted by molar-refractivity contribution is 0.282. The molecule has 20 heavy (non-hydrogen) atoms. The summed E-state index contributed by atoms with van der Waals surface area (Å²) in [6.07, 6.45) is 2.06. The van der Waals surface area contributed by atoms with Gasteiger partial charge in [-0.3, -0.25) is 0 Å². The van der Waals surface area contributed by atoms with E-state index in [2.05, 4.69) is 29.0 Å². The van der Waals surface area contributed by atoms with Gasteiger partial charge in [-0.25, -0.2) is 0 Å². The molecule has 0 amide bonds. The van der Waals surface area contributed by atoms with Gasteiger partial charge in [0.15, 0.2) is 0 Å². The molecule has 0 fully saturated rings. The summed E-state index contributed by atoms with van der Waals surface area (Å²) in [5, 5.41) is 11.2. The summed E-state index contributed by atoms with van der Waals surface area (Å²) in [5.41, 5.74) is 4.31. The molecule has 3 rings (SSSR count). The van der Waals surface area contributed by atoms with E-state index in [-0.39, 0.29) is 6.61 Å². The number of fused-ring (bicyclic) bond motifs is 1. The molecule has 0 radical (unpaired) electrons. The molecule has 1 aromatic heterocycles. The average molecular weight is 286 g/mol. The van der Waals surface area contributed by atoms with Crippen LogP contribution < -0.4 is 0 Å². The third-order valence-electron chi connectivity index (χ3n) is 3.57. The summed E-state index contributed by atoms with van der Waals surface area (Å²) in [4.78, 5) is 0. The molecule has 3 aromatic rings. The first-order valence-corrected chi connectivity index (χ1v) is 6.99. The number of halogens is 1. The second-order valence-corrected chi connectivity index (χ2v) is 5.50. The van der Waals surface area contributed by atoms with E-state index in [0.29, 0.717) is 0 Å². The lowest BCUT2D eigenvalue weighted by Crippen LogP contribution is -1.99. The fourth-order valence-corrected chi connectivity index (χ4v) is 2.72. The van der Waals surface area contributed by atoms with Crippen LogP contribution in [0, 0.1) is 6.92 Å². The standard InChI is InChI=1S/C17H16ClNO/c1-12-2-4-15(16(18)8-12)10-19-7-6-14-5-3-13(11-20)9-17(14)19/h2-9,20H,10-11H2,1H3. The Labute approximate surface area is 123 Å². The van der Waals surface area contributed by atoms with Gasteiger partial charge in [-0.05, 0) is 47.2 Å². The van der Waals surface area contributed by atoms with Crippen molar-refractivity contribution in [2.24, 2.45) is 0 Å². The number of aryl methyl sites for hydroxylation is 1. The highest BCUT2D eigenvalue weighted by Crippen LogP contribution is 2.23. The summed E-state index contributed by atoms with van der Waals surface area (Å²) < 4.78 is 2.16. The maximum Gasteiger partial charge on any atom is 0.0682 e. The van der Waals surface area contributed by atoms with Crippen LogP contribution in [0.3, 0.4) is 0 Å². The van der Waals surface area contributed by atoms with Crippen molar-refractivity contribution in [1.29, 1.82) is 0 Å². The Morgan fingerprint density at radius 3 is 2.70 bits per heavy atom. The van der Waals surface area contributed by atoms with E-state index in [1.807, 2.05) is 31.2 Å². The van der Waals surface area contributed by atoms with Crippen molar-refractivity contribution in [2.75, 3.05) is 0 Å². The molecule has 0 aliphatic heterocycles. The van der Waals surface area contributed by atoms with Crippen LogP contribution >= 0.6 is 11.6 Å². The van der Waals surface area contributed by atoms with Gasteiger partial charge in [-0.2, -0.15) is 0 Å². The van der Waals surface area contributed by atoms with E-state index in [4.69, 9.17) is 11.6 Å². The van der Waals surface area contributed by atoms with Gasteiger partial charge in [-0.1, -0.05) is 35.9 Å². The van der Waals surface area contributed by atoms with Crippen LogP contribution in [0.1, 0.15) is 16.7 Å². The quantitative estimate of drug-likeness (QED) is 0.768. The molecule has 0 saturated heterocycles. The molecule has 0 atom stereocenters. The Kier molecular flexibility index (Phi) is 3.51. The van der Waals surface area contributed by atoms with Crippen LogP contribution in [0.15, 0.2) is 48.7 Å². The molecule has 102 valence electrons. The van der Waals surface area contributed by atoms with Gasteiger partial charge in [0.05, 0.1) is 6.61 Å². The number of aliphatic hydroxyl groups excluding tert-OH is 1. The molecule has 0 saturated carbocycles. The highest BCUT2D eigenvalue weighted by Gasteiger charge is 2.06. The van der Waals surface area contributed by atoms with Crippen molar-refractivity contribution in [3.8, 4) is 0 Å². The Morgan fingerprint density at radius 2 is 1.95 bits per heavy atom. The maximum absolute atomic E-state index is 9.26. The largest absolute Gasteiger partial charge is 0.392 e. The van der Waals surface area contributed by atoms with Crippen LogP contribution in [-0.4, -0.2) is 9.67 Å². The fraction of sp³-hybridized carbons (Fsp3) is 0.176. The zero-order chi connectivity index (χ0) is 14.1. The SMILES string of the molecule is Cc1ccc(Cn2ccc3ccc(CO)cc32)c(Cl)c1. The van der Waals surface area contributed by atoms with Gasteiger partial charge in [0, 0.05) is 23.3 Å². The van der Waals surface area contributed by atoms with Crippen molar-refractivity contribution in [2.45, 2.75) is 20.1 Å². The fourth-order valence-electron chi connectivity index (χ4n) is 2.43. The molecule has 0 aliphatic carbocycles. The highest BCUT2D eigenvalue weighted by atomic mass is 35.5. The average Bonchev–Trinajstić information content (AvgIpc) is 2.84. The Hall–Kier alpha value is -1.77. The van der Waals surface area contributed by atoms with E-state index >= 15 is 0 Å². The maximum atomic E-state index is 9.26. The van der Waals surface area contributed by atoms with Gasteiger partial charge in [0.1, 0.15) is 0 Å². The first-order chi connectivity index (χ1) is 9.67. The van der Waals surface area contributed by atoms with Gasteiger partial charge in [0.25, 0.3) is 0 Å². The normalized spacial score (nSPS) is 11.2. The zero-order valence-corrected chi connectivity index (χ0v) is 12.1. The first kappa shape index (κ1) is 13.2. The van der Waals surface area contributed by atoms with Crippen molar-refractivity contribution < 1.29 is 5.11 Å². The number of hydrogen-bond acceptors (Lipinski definition) is 1. The van der Waals surface area contributed by atoms with E-state index < -0.39 is 0 Å². The minimum Gasteiger partial charge on any atom is -0.392 e. The van der Waals surface area contributed by atoms with Crippen molar-refractivity contribution in [1.82, 2.24) is 4.57 Å². The number of hydrogen-bond donors (Lipinski definition) is 1. The molecule has 2 aromatic carbocycles. The summed E-state index contributed by atoms with van der Waals surface area (Å²) in [7, 11) is 0. The predicted octanol–water partition coefficient (Wildman–Crippen LogP) is 4.14. The minimum atomic E-state index is 0.0619. The summed E-state index contributed by atoms with van der Waals surface area (Å²) in [5.74, 6) is 0. The topological polar surface area (TPSA) is 25.2 Å². The summed E-state index contributed by atoms with van der Waals surface area (Å²) in [6.45, 7) is 2.83. The molecule has 0 aliphatic rings. The molecule has 1 N–H and O–H groups in total. The molecule has 0 spiro atoms. The van der Waals surface area contributed by atoms with Crippen molar-refractivity contribution in [3.05, 3.63) is 70.4 Å². The van der Waals surface area contributed by atoms with Crippen LogP contribution in [-0.2, 0) is 13.2 Å². The van der Waals surface area contributed by atoms with E-state index in [1.54, 1.807) is 0 Å². The molecule has 0 bridgehead atoms. The summed E-state index contributed by atoms with van der Waals surface area (Å²) in [6, 6.07) is 14.2. The number of benzene rings is 2. The third-order valence-corrected chi connectivity index (χ3v) is 3.92. The molecule has 3 heteroatoms. The van der Waals surface area contributed by atoms with E-state index in [1.165, 1.54) is 10.9 Å². The third kappa shape index (κ3) is 2.45. The molecular formula is C17H16ClNO. The van der Waals surface area contributed by atoms with Crippen LogP contribution in [0.5, 0.6) is 0 Å². The lowest BCUT2D eigenvalue weighted by Gasteiger charge is -2.09. The zero-order valence-electron chi connectivity index (χ0n) is 11.3. The van der Waals surface area contributed by atoms with Gasteiger partial charge < -0.3 is 9.67 Å². The van der Waals surface area contributed by atoms with Crippen LogP contribution in [0.4, 0.5) is 0 Å². The van der Waals surface area contributed by atoms with Crippen molar-refractivity contribution >= 4 is 22.5 Å². The predicted molar refractivity (Wildman–Crippen MR) is 83.2 cm³/mol. The van der Waals surface area contributed by atoms with Gasteiger partial charge in [-0.15, -0.1) is 0 Å². The second-order valence-electron chi connectivity index (χ2n) is 5.09. The summed E-state index contributed by atoms with van der Waals surface area (Å²) >= 11 is 6.30. The lowest BCUT2D eigenvalue weighted by atomic mass is 10.1. The monoisotopic (exact) mass is 285 g/mol. The highest BCUT2D eigenvalue weighted by molar-refractivity contribution is 6.31.